The lowest BCUT2D eigenvalue weighted by molar-refractivity contribution is -0.121. The highest BCUT2D eigenvalue weighted by Gasteiger charge is 2.48. The molecule has 1 aromatic heterocycles. The molecule has 0 saturated heterocycles. The van der Waals surface area contributed by atoms with Gasteiger partial charge in [0.2, 0.25) is 0 Å². The van der Waals surface area contributed by atoms with E-state index in [1.54, 1.807) is 6.92 Å². The van der Waals surface area contributed by atoms with Crippen LogP contribution in [-0.4, -0.2) is 34.4 Å². The Morgan fingerprint density at radius 1 is 1.10 bits per heavy atom. The van der Waals surface area contributed by atoms with Crippen LogP contribution in [0.3, 0.4) is 0 Å². The molecule has 1 fully saturated rings. The van der Waals surface area contributed by atoms with E-state index in [9.17, 15) is 14.4 Å². The number of ether oxygens (including phenoxy) is 3. The Labute approximate surface area is 237 Å². The zero-order valence-electron chi connectivity index (χ0n) is 23.1. The number of aromatic amines is 1. The molecule has 1 atom stereocenters. The first-order chi connectivity index (χ1) is 18.2. The van der Waals surface area contributed by atoms with Gasteiger partial charge in [0, 0.05) is 36.7 Å². The fourth-order valence-corrected chi connectivity index (χ4v) is 5.63. The number of aryl methyl sites for hydroxylation is 2. The van der Waals surface area contributed by atoms with E-state index in [4.69, 9.17) is 37.4 Å². The normalized spacial score (nSPS) is 22.4. The predicted molar refractivity (Wildman–Crippen MR) is 149 cm³/mol. The zero-order chi connectivity index (χ0) is 28.7. The van der Waals surface area contributed by atoms with Crippen molar-refractivity contribution in [1.29, 1.82) is 0 Å². The summed E-state index contributed by atoms with van der Waals surface area (Å²) in [6, 6.07) is 3.28. The topological polar surface area (TPSA) is 119 Å². The number of carbonyl (C=O) groups excluding carboxylic acids is 2. The monoisotopic (exact) mass is 579 g/mol. The van der Waals surface area contributed by atoms with Crippen LogP contribution in [0, 0.1) is 19.8 Å². The minimum atomic E-state index is -1.03. The van der Waals surface area contributed by atoms with Crippen molar-refractivity contribution in [3.63, 3.8) is 0 Å². The number of benzene rings is 1. The number of aromatic nitrogens is 1. The van der Waals surface area contributed by atoms with Crippen molar-refractivity contribution in [3.8, 4) is 11.5 Å². The molecule has 3 N–H and O–H groups in total. The van der Waals surface area contributed by atoms with Gasteiger partial charge in [-0.15, -0.1) is 0 Å². The Morgan fingerprint density at radius 2 is 1.74 bits per heavy atom. The summed E-state index contributed by atoms with van der Waals surface area (Å²) in [5, 5.41) is 5.98. The highest BCUT2D eigenvalue weighted by atomic mass is 35.5. The van der Waals surface area contributed by atoms with Crippen LogP contribution in [0.4, 0.5) is 4.79 Å². The molecule has 4 rings (SSSR count). The molecule has 0 spiro atoms. The first-order valence-electron chi connectivity index (χ1n) is 13.0. The molecule has 1 aliphatic heterocycles. The number of nitrogens with one attached hydrogen (secondary N) is 3. The number of H-pyrrole nitrogens is 1. The van der Waals surface area contributed by atoms with Gasteiger partial charge in [-0.2, -0.15) is 0 Å². The van der Waals surface area contributed by atoms with Gasteiger partial charge in [0.1, 0.15) is 5.60 Å². The molecule has 1 aliphatic carbocycles. The molecular weight excluding hydrogens is 545 g/mol. The SMILES string of the molecule is Cc1cc(C)c(CNC(=O)c2cc(Cl)c3c(c2Cl)OC(C)([C@H]2CC[C@H](NC(=O)OC(C)(C)C)CC2)O3)c(=O)[nH]1. The van der Waals surface area contributed by atoms with E-state index in [0.29, 0.717) is 11.3 Å². The predicted octanol–water partition coefficient (Wildman–Crippen LogP) is 5.80. The van der Waals surface area contributed by atoms with E-state index < -0.39 is 23.4 Å². The largest absolute Gasteiger partial charge is 0.447 e. The molecule has 1 unspecified atom stereocenters. The molecule has 1 saturated carbocycles. The van der Waals surface area contributed by atoms with Crippen LogP contribution in [0.15, 0.2) is 16.9 Å². The van der Waals surface area contributed by atoms with Gasteiger partial charge in [-0.25, -0.2) is 4.79 Å². The average Bonchev–Trinajstić information content (AvgIpc) is 3.19. The van der Waals surface area contributed by atoms with E-state index in [0.717, 1.165) is 36.9 Å². The summed E-state index contributed by atoms with van der Waals surface area (Å²) in [5.41, 5.74) is 1.29. The van der Waals surface area contributed by atoms with Crippen LogP contribution in [0.5, 0.6) is 11.5 Å². The number of amides is 2. The average molecular weight is 581 g/mol. The number of pyridine rings is 1. The lowest BCUT2D eigenvalue weighted by Gasteiger charge is -2.37. The number of alkyl carbamates (subject to hydrolysis) is 1. The molecule has 212 valence electrons. The van der Waals surface area contributed by atoms with Crippen molar-refractivity contribution >= 4 is 35.2 Å². The van der Waals surface area contributed by atoms with Gasteiger partial charge in [-0.1, -0.05) is 23.2 Å². The van der Waals surface area contributed by atoms with Gasteiger partial charge in [-0.3, -0.25) is 9.59 Å². The summed E-state index contributed by atoms with van der Waals surface area (Å²) in [6.07, 6.45) is 2.50. The molecular formula is C28H35Cl2N3O6. The highest BCUT2D eigenvalue weighted by Crippen LogP contribution is 2.53. The Balaban J connectivity index is 1.42. The van der Waals surface area contributed by atoms with Crippen molar-refractivity contribution < 1.29 is 23.8 Å². The lowest BCUT2D eigenvalue weighted by atomic mass is 9.81. The van der Waals surface area contributed by atoms with Crippen molar-refractivity contribution in [2.45, 2.75) is 91.2 Å². The number of hydrogen-bond donors (Lipinski definition) is 3. The molecule has 9 nitrogen and oxygen atoms in total. The summed E-state index contributed by atoms with van der Waals surface area (Å²) in [6.45, 7) is 11.0. The van der Waals surface area contributed by atoms with Crippen molar-refractivity contribution in [1.82, 2.24) is 15.6 Å². The Kier molecular flexibility index (Phi) is 8.15. The molecule has 2 heterocycles. The maximum absolute atomic E-state index is 13.0. The summed E-state index contributed by atoms with van der Waals surface area (Å²) in [7, 11) is 0. The number of rotatable bonds is 5. The Bertz CT molecular complexity index is 1340. The summed E-state index contributed by atoms with van der Waals surface area (Å²) in [5.74, 6) is -1.01. The quantitative estimate of drug-likeness (QED) is 0.412. The second-order valence-corrected chi connectivity index (χ2v) is 12.2. The second-order valence-electron chi connectivity index (χ2n) is 11.4. The number of hydrogen-bond acceptors (Lipinski definition) is 6. The third kappa shape index (κ3) is 6.47. The highest BCUT2D eigenvalue weighted by molar-refractivity contribution is 6.38. The Hall–Kier alpha value is -2.91. The molecule has 11 heteroatoms. The summed E-state index contributed by atoms with van der Waals surface area (Å²) >= 11 is 13.1. The van der Waals surface area contributed by atoms with Gasteiger partial charge < -0.3 is 29.8 Å². The molecule has 2 aliphatic rings. The fraction of sp³-hybridized carbons (Fsp3) is 0.536. The minimum absolute atomic E-state index is 0.00207. The first kappa shape index (κ1) is 29.1. The zero-order valence-corrected chi connectivity index (χ0v) is 24.6. The third-order valence-corrected chi connectivity index (χ3v) is 7.75. The van der Waals surface area contributed by atoms with Crippen LogP contribution in [0.2, 0.25) is 10.0 Å². The van der Waals surface area contributed by atoms with Crippen molar-refractivity contribution in [2.75, 3.05) is 0 Å². The Morgan fingerprint density at radius 3 is 2.36 bits per heavy atom. The molecule has 1 aromatic carbocycles. The van der Waals surface area contributed by atoms with Gasteiger partial charge >= 0.3 is 6.09 Å². The number of halogens is 2. The van der Waals surface area contributed by atoms with Gasteiger partial charge in [0.15, 0.2) is 11.5 Å². The van der Waals surface area contributed by atoms with Gasteiger partial charge in [0.05, 0.1) is 15.6 Å². The van der Waals surface area contributed by atoms with Crippen LogP contribution in [0.1, 0.15) is 80.6 Å². The van der Waals surface area contributed by atoms with E-state index in [1.807, 2.05) is 40.7 Å². The number of fused-ring (bicyclic) bond motifs is 1. The standard InChI is InChI=1S/C28H35Cl2N3O6/c1-14-11-15(2)32-25(35)19(14)13-31-24(34)18-12-20(29)22-23(21(18)30)38-28(6,37-22)16-7-9-17(10-8-16)33-26(36)39-27(3,4)5/h11-12,16-17H,7-10,13H2,1-6H3,(H,31,34)(H,32,35)(H,33,36)/t16-,17-,28?. The van der Waals surface area contributed by atoms with Crippen LogP contribution < -0.4 is 25.7 Å². The van der Waals surface area contributed by atoms with Crippen molar-refractivity contribution in [3.05, 3.63) is 54.9 Å². The molecule has 0 radical (unpaired) electrons. The van der Waals surface area contributed by atoms with Gasteiger partial charge in [0.25, 0.3) is 17.3 Å². The molecule has 2 aromatic rings. The van der Waals surface area contributed by atoms with E-state index in [2.05, 4.69) is 15.6 Å². The van der Waals surface area contributed by atoms with Crippen LogP contribution >= 0.6 is 23.2 Å². The minimum Gasteiger partial charge on any atom is -0.447 e. The van der Waals surface area contributed by atoms with Crippen LogP contribution in [0.25, 0.3) is 0 Å². The molecule has 39 heavy (non-hydrogen) atoms. The third-order valence-electron chi connectivity index (χ3n) is 7.09. The maximum atomic E-state index is 13.0. The summed E-state index contributed by atoms with van der Waals surface area (Å²) < 4.78 is 17.8. The molecule has 2 amide bonds. The van der Waals surface area contributed by atoms with Gasteiger partial charge in [-0.05, 0) is 78.0 Å². The first-order valence-corrected chi connectivity index (χ1v) is 13.8. The maximum Gasteiger partial charge on any atom is 0.407 e. The second kappa shape index (κ2) is 10.9. The lowest BCUT2D eigenvalue weighted by Crippen LogP contribution is -2.48. The fourth-order valence-electron chi connectivity index (χ4n) is 5.13. The van der Waals surface area contributed by atoms with E-state index in [1.165, 1.54) is 6.07 Å². The van der Waals surface area contributed by atoms with E-state index >= 15 is 0 Å². The summed E-state index contributed by atoms with van der Waals surface area (Å²) in [4.78, 5) is 40.3. The number of carbonyl (C=O) groups is 2. The molecule has 0 bridgehead atoms. The van der Waals surface area contributed by atoms with Crippen LogP contribution in [-0.2, 0) is 11.3 Å². The van der Waals surface area contributed by atoms with E-state index in [-0.39, 0.29) is 45.4 Å². The van der Waals surface area contributed by atoms with Crippen molar-refractivity contribution in [2.24, 2.45) is 5.92 Å². The smallest absolute Gasteiger partial charge is 0.407 e.